The van der Waals surface area contributed by atoms with Gasteiger partial charge in [-0.05, 0) is 12.8 Å². The molecule has 21 heavy (non-hydrogen) atoms. The fraction of sp³-hybridized carbons (Fsp3) is 0.824. The molecule has 0 aliphatic carbocycles. The molecule has 0 saturated heterocycles. The Kier molecular flexibility index (Phi) is 19.0. The van der Waals surface area contributed by atoms with Crippen LogP contribution in [0.3, 0.4) is 0 Å². The van der Waals surface area contributed by atoms with E-state index in [2.05, 4.69) is 13.5 Å². The smallest absolute Gasteiger partial charge is 0.331 e. The molecule has 0 spiro atoms. The lowest BCUT2D eigenvalue weighted by atomic mass is 10.1. The van der Waals surface area contributed by atoms with Gasteiger partial charge in [0.2, 0.25) is 0 Å². The molecule has 1 unspecified atom stereocenters. The van der Waals surface area contributed by atoms with E-state index in [0.29, 0.717) is 0 Å². The first-order valence-corrected chi connectivity index (χ1v) is 8.29. The lowest BCUT2D eigenvalue weighted by Crippen LogP contribution is -2.26. The Morgan fingerprint density at radius 1 is 1.00 bits per heavy atom. The highest BCUT2D eigenvalue weighted by Gasteiger charge is 2.05. The second-order valence-corrected chi connectivity index (χ2v) is 5.50. The average molecular weight is 320 g/mol. The molecule has 0 aromatic heterocycles. The molecular weight excluding hydrogens is 286 g/mol. The molecule has 0 bridgehead atoms. The van der Waals surface area contributed by atoms with Gasteiger partial charge in [0.15, 0.2) is 6.23 Å². The van der Waals surface area contributed by atoms with Crippen molar-refractivity contribution in [1.82, 2.24) is 0 Å². The number of esters is 1. The highest BCUT2D eigenvalue weighted by Crippen LogP contribution is 2.12. The monoisotopic (exact) mass is 319 g/mol. The molecule has 0 aromatic carbocycles. The quantitative estimate of drug-likeness (QED) is 0.209. The maximum absolute atomic E-state index is 10.9. The fourth-order valence-electron chi connectivity index (χ4n) is 2.27. The first-order valence-electron chi connectivity index (χ1n) is 8.29. The Morgan fingerprint density at radius 2 is 1.43 bits per heavy atom. The Labute approximate surface area is 137 Å². The van der Waals surface area contributed by atoms with Gasteiger partial charge in [-0.2, -0.15) is 0 Å². The summed E-state index contributed by atoms with van der Waals surface area (Å²) >= 11 is 0. The highest BCUT2D eigenvalue weighted by molar-refractivity contribution is 5.85. The number of unbranched alkanes of at least 4 members (excludes halogenated alkanes) is 10. The SMILES string of the molecule is C=CC(=O)OC(N)CCCCCCCCCCCCC.Cl. The minimum atomic E-state index is -0.473. The summed E-state index contributed by atoms with van der Waals surface area (Å²) in [7, 11) is 0. The molecule has 2 N–H and O–H groups in total. The van der Waals surface area contributed by atoms with Gasteiger partial charge in [-0.1, -0.05) is 77.7 Å². The van der Waals surface area contributed by atoms with Crippen molar-refractivity contribution < 1.29 is 9.53 Å². The first-order chi connectivity index (χ1) is 9.70. The van der Waals surface area contributed by atoms with Crippen LogP contribution in [0.2, 0.25) is 0 Å². The van der Waals surface area contributed by atoms with Crippen LogP contribution in [0, 0.1) is 0 Å². The van der Waals surface area contributed by atoms with Crippen LogP contribution in [-0.4, -0.2) is 12.2 Å². The number of hydrogen-bond donors (Lipinski definition) is 1. The third-order valence-electron chi connectivity index (χ3n) is 3.53. The van der Waals surface area contributed by atoms with Gasteiger partial charge in [-0.25, -0.2) is 4.79 Å². The van der Waals surface area contributed by atoms with Gasteiger partial charge in [0.05, 0.1) is 0 Å². The van der Waals surface area contributed by atoms with Gasteiger partial charge >= 0.3 is 5.97 Å². The molecule has 0 radical (unpaired) electrons. The fourth-order valence-corrected chi connectivity index (χ4v) is 2.27. The zero-order valence-corrected chi connectivity index (χ0v) is 14.5. The van der Waals surface area contributed by atoms with Crippen LogP contribution in [0.15, 0.2) is 12.7 Å². The lowest BCUT2D eigenvalue weighted by molar-refractivity contribution is -0.143. The predicted octanol–water partition coefficient (Wildman–Crippen LogP) is 5.12. The molecule has 1 atom stereocenters. The standard InChI is InChI=1S/C17H33NO2.ClH/c1-3-5-6-7-8-9-10-11-12-13-14-15-16(18)20-17(19)4-2;/h4,16H,2-3,5-15,18H2,1H3;1H. The van der Waals surface area contributed by atoms with E-state index in [4.69, 9.17) is 10.5 Å². The van der Waals surface area contributed by atoms with Crippen molar-refractivity contribution in [3.63, 3.8) is 0 Å². The van der Waals surface area contributed by atoms with Crippen molar-refractivity contribution in [2.24, 2.45) is 5.73 Å². The predicted molar refractivity (Wildman–Crippen MR) is 92.6 cm³/mol. The number of rotatable bonds is 14. The Bertz CT molecular complexity index is 247. The number of ether oxygens (including phenoxy) is 1. The van der Waals surface area contributed by atoms with Crippen molar-refractivity contribution >= 4 is 18.4 Å². The molecule has 0 aliphatic heterocycles. The average Bonchev–Trinajstić information content (AvgIpc) is 2.44. The van der Waals surface area contributed by atoms with Gasteiger partial charge in [-0.3, -0.25) is 5.73 Å². The summed E-state index contributed by atoms with van der Waals surface area (Å²) in [5.41, 5.74) is 5.68. The van der Waals surface area contributed by atoms with E-state index in [-0.39, 0.29) is 12.4 Å². The van der Waals surface area contributed by atoms with Crippen molar-refractivity contribution in [1.29, 1.82) is 0 Å². The van der Waals surface area contributed by atoms with E-state index >= 15 is 0 Å². The van der Waals surface area contributed by atoms with E-state index in [0.717, 1.165) is 18.9 Å². The number of hydrogen-bond acceptors (Lipinski definition) is 3. The summed E-state index contributed by atoms with van der Waals surface area (Å²) in [6.45, 7) is 5.60. The van der Waals surface area contributed by atoms with E-state index in [9.17, 15) is 4.79 Å². The summed E-state index contributed by atoms with van der Waals surface area (Å²) in [6, 6.07) is 0. The molecule has 0 aliphatic rings. The maximum Gasteiger partial charge on any atom is 0.331 e. The van der Waals surface area contributed by atoms with Crippen molar-refractivity contribution in [2.45, 2.75) is 90.2 Å². The summed E-state index contributed by atoms with van der Waals surface area (Å²) in [4.78, 5) is 10.9. The van der Waals surface area contributed by atoms with Crippen LogP contribution in [0.1, 0.15) is 84.0 Å². The Hall–Kier alpha value is -0.540. The number of carbonyl (C=O) groups excluding carboxylic acids is 1. The minimum absolute atomic E-state index is 0. The topological polar surface area (TPSA) is 52.3 Å². The summed E-state index contributed by atoms with van der Waals surface area (Å²) in [5, 5.41) is 0. The first kappa shape index (κ1) is 22.7. The van der Waals surface area contributed by atoms with E-state index in [1.54, 1.807) is 0 Å². The van der Waals surface area contributed by atoms with E-state index in [1.165, 1.54) is 64.2 Å². The molecule has 4 heteroatoms. The zero-order valence-electron chi connectivity index (χ0n) is 13.6. The van der Waals surface area contributed by atoms with E-state index in [1.807, 2.05) is 0 Å². The van der Waals surface area contributed by atoms with Crippen LogP contribution >= 0.6 is 12.4 Å². The normalized spacial score (nSPS) is 11.5. The second-order valence-electron chi connectivity index (χ2n) is 5.50. The van der Waals surface area contributed by atoms with Crippen LogP contribution in [0.25, 0.3) is 0 Å². The summed E-state index contributed by atoms with van der Waals surface area (Å²) < 4.78 is 4.91. The van der Waals surface area contributed by atoms with Crippen LogP contribution in [-0.2, 0) is 9.53 Å². The molecule has 0 rings (SSSR count). The van der Waals surface area contributed by atoms with E-state index < -0.39 is 12.2 Å². The largest absolute Gasteiger partial charge is 0.444 e. The zero-order chi connectivity index (χ0) is 15.1. The number of halogens is 1. The van der Waals surface area contributed by atoms with Gasteiger partial charge in [0, 0.05) is 6.08 Å². The van der Waals surface area contributed by atoms with Crippen LogP contribution in [0.5, 0.6) is 0 Å². The number of nitrogens with two attached hydrogens (primary N) is 1. The molecule has 0 amide bonds. The third-order valence-corrected chi connectivity index (χ3v) is 3.53. The Balaban J connectivity index is 0. The molecule has 0 fully saturated rings. The molecule has 0 aromatic rings. The number of carbonyl (C=O) groups is 1. The molecular formula is C17H34ClNO2. The van der Waals surface area contributed by atoms with Crippen LogP contribution < -0.4 is 5.73 Å². The molecule has 0 heterocycles. The lowest BCUT2D eigenvalue weighted by Gasteiger charge is -2.11. The summed E-state index contributed by atoms with van der Waals surface area (Å²) in [5.74, 6) is -0.430. The van der Waals surface area contributed by atoms with Crippen LogP contribution in [0.4, 0.5) is 0 Å². The third kappa shape index (κ3) is 17.4. The minimum Gasteiger partial charge on any atom is -0.444 e. The van der Waals surface area contributed by atoms with Gasteiger partial charge in [0.25, 0.3) is 0 Å². The van der Waals surface area contributed by atoms with Gasteiger partial charge in [-0.15, -0.1) is 12.4 Å². The molecule has 3 nitrogen and oxygen atoms in total. The molecule has 0 saturated carbocycles. The van der Waals surface area contributed by atoms with Crippen molar-refractivity contribution in [3.05, 3.63) is 12.7 Å². The maximum atomic E-state index is 10.9. The van der Waals surface area contributed by atoms with Crippen molar-refractivity contribution in [2.75, 3.05) is 0 Å². The molecule has 126 valence electrons. The van der Waals surface area contributed by atoms with Crippen molar-refractivity contribution in [3.8, 4) is 0 Å². The highest BCUT2D eigenvalue weighted by atomic mass is 35.5. The van der Waals surface area contributed by atoms with Gasteiger partial charge < -0.3 is 4.74 Å². The second kappa shape index (κ2) is 17.5. The summed E-state index contributed by atoms with van der Waals surface area (Å²) in [6.07, 6.45) is 15.8. The Morgan fingerprint density at radius 3 is 1.86 bits per heavy atom. The van der Waals surface area contributed by atoms with Gasteiger partial charge in [0.1, 0.15) is 0 Å².